The second-order valence-corrected chi connectivity index (χ2v) is 4.56. The number of aromatic nitrogens is 3. The second-order valence-electron chi connectivity index (χ2n) is 4.56. The molecule has 0 radical (unpaired) electrons. The SMILES string of the molecule is CC(C)(C)OC(=O)NCCn1cnc(CN)n1. The molecular weight excluding hydrogens is 222 g/mol. The Morgan fingerprint density at radius 1 is 1.59 bits per heavy atom. The van der Waals surface area contributed by atoms with Crippen molar-refractivity contribution in [2.45, 2.75) is 39.5 Å². The van der Waals surface area contributed by atoms with E-state index in [0.29, 0.717) is 25.5 Å². The lowest BCUT2D eigenvalue weighted by Gasteiger charge is -2.19. The molecule has 0 spiro atoms. The van der Waals surface area contributed by atoms with Crippen LogP contribution in [0.5, 0.6) is 0 Å². The molecule has 0 bridgehead atoms. The van der Waals surface area contributed by atoms with E-state index in [-0.39, 0.29) is 0 Å². The molecule has 0 aliphatic heterocycles. The van der Waals surface area contributed by atoms with Gasteiger partial charge in [0.1, 0.15) is 11.9 Å². The maximum Gasteiger partial charge on any atom is 0.407 e. The van der Waals surface area contributed by atoms with Gasteiger partial charge in [-0.1, -0.05) is 0 Å². The molecule has 0 saturated heterocycles. The molecule has 0 unspecified atom stereocenters. The number of nitrogens with two attached hydrogens (primary N) is 1. The van der Waals surface area contributed by atoms with Crippen molar-refractivity contribution in [3.05, 3.63) is 12.2 Å². The molecule has 0 fully saturated rings. The third-order valence-electron chi connectivity index (χ3n) is 1.78. The van der Waals surface area contributed by atoms with Gasteiger partial charge in [-0.05, 0) is 20.8 Å². The van der Waals surface area contributed by atoms with Crippen molar-refractivity contribution in [3.63, 3.8) is 0 Å². The number of hydrogen-bond acceptors (Lipinski definition) is 5. The third-order valence-corrected chi connectivity index (χ3v) is 1.78. The Labute approximate surface area is 100 Å². The fourth-order valence-corrected chi connectivity index (χ4v) is 1.12. The van der Waals surface area contributed by atoms with E-state index in [1.54, 1.807) is 11.0 Å². The van der Waals surface area contributed by atoms with Gasteiger partial charge in [-0.15, -0.1) is 0 Å². The largest absolute Gasteiger partial charge is 0.444 e. The Morgan fingerprint density at radius 2 is 2.29 bits per heavy atom. The molecule has 17 heavy (non-hydrogen) atoms. The van der Waals surface area contributed by atoms with E-state index in [2.05, 4.69) is 15.4 Å². The van der Waals surface area contributed by atoms with Crippen molar-refractivity contribution < 1.29 is 9.53 Å². The van der Waals surface area contributed by atoms with Crippen molar-refractivity contribution in [1.29, 1.82) is 0 Å². The third kappa shape index (κ3) is 5.30. The van der Waals surface area contributed by atoms with E-state index < -0.39 is 11.7 Å². The van der Waals surface area contributed by atoms with Crippen molar-refractivity contribution in [1.82, 2.24) is 20.1 Å². The maximum absolute atomic E-state index is 11.3. The fourth-order valence-electron chi connectivity index (χ4n) is 1.12. The Morgan fingerprint density at radius 3 is 2.82 bits per heavy atom. The zero-order chi connectivity index (χ0) is 12.9. The summed E-state index contributed by atoms with van der Waals surface area (Å²) in [5.41, 5.74) is 4.90. The van der Waals surface area contributed by atoms with E-state index in [9.17, 15) is 4.79 Å². The number of ether oxygens (including phenoxy) is 1. The summed E-state index contributed by atoms with van der Waals surface area (Å²) in [6.07, 6.45) is 1.15. The molecule has 96 valence electrons. The summed E-state index contributed by atoms with van der Waals surface area (Å²) in [6.45, 7) is 6.73. The molecule has 0 atom stereocenters. The number of nitrogens with zero attached hydrogens (tertiary/aromatic N) is 3. The number of amides is 1. The molecule has 0 aliphatic rings. The van der Waals surface area contributed by atoms with Crippen LogP contribution in [-0.4, -0.2) is 33.0 Å². The average molecular weight is 241 g/mol. The normalized spacial score (nSPS) is 11.3. The predicted octanol–water partition coefficient (Wildman–Crippen LogP) is 0.262. The minimum Gasteiger partial charge on any atom is -0.444 e. The highest BCUT2D eigenvalue weighted by Gasteiger charge is 2.15. The van der Waals surface area contributed by atoms with E-state index in [1.807, 2.05) is 20.8 Å². The first-order chi connectivity index (χ1) is 7.90. The van der Waals surface area contributed by atoms with Crippen LogP contribution in [0.4, 0.5) is 4.79 Å². The van der Waals surface area contributed by atoms with Gasteiger partial charge in [0.15, 0.2) is 5.82 Å². The van der Waals surface area contributed by atoms with Gasteiger partial charge in [0, 0.05) is 6.54 Å². The fraction of sp³-hybridized carbons (Fsp3) is 0.700. The van der Waals surface area contributed by atoms with Crippen LogP contribution in [0, 0.1) is 0 Å². The van der Waals surface area contributed by atoms with Crippen LogP contribution in [-0.2, 0) is 17.8 Å². The highest BCUT2D eigenvalue weighted by Crippen LogP contribution is 2.06. The van der Waals surface area contributed by atoms with Crippen molar-refractivity contribution >= 4 is 6.09 Å². The summed E-state index contributed by atoms with van der Waals surface area (Å²) in [5, 5.41) is 6.72. The topological polar surface area (TPSA) is 95.1 Å². The highest BCUT2D eigenvalue weighted by atomic mass is 16.6. The average Bonchev–Trinajstić information content (AvgIpc) is 2.63. The van der Waals surface area contributed by atoms with E-state index >= 15 is 0 Å². The molecule has 1 rings (SSSR count). The minimum absolute atomic E-state index is 0.312. The van der Waals surface area contributed by atoms with Gasteiger partial charge in [-0.3, -0.25) is 4.68 Å². The molecule has 0 aromatic carbocycles. The van der Waals surface area contributed by atoms with Crippen LogP contribution in [0.1, 0.15) is 26.6 Å². The van der Waals surface area contributed by atoms with E-state index in [1.165, 1.54) is 0 Å². The first kappa shape index (κ1) is 13.4. The van der Waals surface area contributed by atoms with Crippen molar-refractivity contribution in [3.8, 4) is 0 Å². The first-order valence-corrected chi connectivity index (χ1v) is 5.46. The number of rotatable bonds is 4. The zero-order valence-electron chi connectivity index (χ0n) is 10.4. The summed E-state index contributed by atoms with van der Waals surface area (Å²) in [6, 6.07) is 0. The monoisotopic (exact) mass is 241 g/mol. The molecule has 0 aliphatic carbocycles. The van der Waals surface area contributed by atoms with Gasteiger partial charge in [0.25, 0.3) is 0 Å². The zero-order valence-corrected chi connectivity index (χ0v) is 10.4. The summed E-state index contributed by atoms with van der Waals surface area (Å²) >= 11 is 0. The van der Waals surface area contributed by atoms with E-state index in [4.69, 9.17) is 10.5 Å². The molecule has 1 heterocycles. The van der Waals surface area contributed by atoms with Crippen molar-refractivity contribution in [2.24, 2.45) is 5.73 Å². The first-order valence-electron chi connectivity index (χ1n) is 5.46. The quantitative estimate of drug-likeness (QED) is 0.788. The molecule has 7 nitrogen and oxygen atoms in total. The van der Waals surface area contributed by atoms with Crippen molar-refractivity contribution in [2.75, 3.05) is 6.54 Å². The number of hydrogen-bond donors (Lipinski definition) is 2. The van der Waals surface area contributed by atoms with Gasteiger partial charge >= 0.3 is 6.09 Å². The lowest BCUT2D eigenvalue weighted by Crippen LogP contribution is -2.34. The number of alkyl carbamates (subject to hydrolysis) is 1. The summed E-state index contributed by atoms with van der Waals surface area (Å²) < 4.78 is 6.71. The number of carbonyl (C=O) groups excluding carboxylic acids is 1. The maximum atomic E-state index is 11.3. The molecule has 7 heteroatoms. The van der Waals surface area contributed by atoms with Crippen LogP contribution in [0.3, 0.4) is 0 Å². The molecule has 0 saturated carbocycles. The van der Waals surface area contributed by atoms with Gasteiger partial charge in [-0.2, -0.15) is 5.10 Å². The summed E-state index contributed by atoms with van der Waals surface area (Å²) in [7, 11) is 0. The molecule has 1 amide bonds. The molecule has 1 aromatic heterocycles. The Kier molecular flexibility index (Phi) is 4.45. The number of carbonyl (C=O) groups is 1. The Bertz CT molecular complexity index is 369. The predicted molar refractivity (Wildman–Crippen MR) is 62.2 cm³/mol. The lowest BCUT2D eigenvalue weighted by molar-refractivity contribution is 0.0525. The highest BCUT2D eigenvalue weighted by molar-refractivity contribution is 5.67. The van der Waals surface area contributed by atoms with Crippen LogP contribution in [0.25, 0.3) is 0 Å². The lowest BCUT2D eigenvalue weighted by atomic mass is 10.2. The van der Waals surface area contributed by atoms with E-state index in [0.717, 1.165) is 0 Å². The Hall–Kier alpha value is -1.63. The van der Waals surface area contributed by atoms with Gasteiger partial charge < -0.3 is 15.8 Å². The van der Waals surface area contributed by atoms with Crippen LogP contribution in [0.2, 0.25) is 0 Å². The van der Waals surface area contributed by atoms with Gasteiger partial charge in [0.2, 0.25) is 0 Å². The van der Waals surface area contributed by atoms with Gasteiger partial charge in [0.05, 0.1) is 13.1 Å². The molecule has 3 N–H and O–H groups in total. The second kappa shape index (κ2) is 5.62. The molecule has 1 aromatic rings. The van der Waals surface area contributed by atoms with Crippen LogP contribution in [0.15, 0.2) is 6.33 Å². The smallest absolute Gasteiger partial charge is 0.407 e. The van der Waals surface area contributed by atoms with Gasteiger partial charge in [-0.25, -0.2) is 9.78 Å². The Balaban J connectivity index is 2.26. The van der Waals surface area contributed by atoms with Crippen LogP contribution >= 0.6 is 0 Å². The number of nitrogens with one attached hydrogen (secondary N) is 1. The standard InChI is InChI=1S/C10H19N5O2/c1-10(2,3)17-9(16)12-4-5-15-7-13-8(6-11)14-15/h7H,4-6,11H2,1-3H3,(H,12,16). The molecular formula is C10H19N5O2. The summed E-state index contributed by atoms with van der Waals surface area (Å²) in [4.78, 5) is 15.3. The summed E-state index contributed by atoms with van der Waals surface area (Å²) in [5.74, 6) is 0.585. The minimum atomic E-state index is -0.482. The van der Waals surface area contributed by atoms with Crippen LogP contribution < -0.4 is 11.1 Å².